The second-order valence-corrected chi connectivity index (χ2v) is 3.87. The molecule has 0 bridgehead atoms. The van der Waals surface area contributed by atoms with Gasteiger partial charge in [0.1, 0.15) is 5.82 Å². The number of aryl methyl sites for hydroxylation is 1. The Hall–Kier alpha value is -1.35. The van der Waals surface area contributed by atoms with Crippen LogP contribution in [-0.4, -0.2) is 23.2 Å². The minimum Gasteiger partial charge on any atom is -0.392 e. The van der Waals surface area contributed by atoms with Crippen LogP contribution in [0.4, 0.5) is 5.82 Å². The molecule has 0 saturated heterocycles. The molecule has 1 aromatic heterocycles. The molecule has 1 heterocycles. The molecular weight excluding hydrogens is 200 g/mol. The van der Waals surface area contributed by atoms with Crippen LogP contribution in [0.25, 0.3) is 0 Å². The van der Waals surface area contributed by atoms with E-state index in [4.69, 9.17) is 5.11 Å². The van der Waals surface area contributed by atoms with E-state index in [1.165, 1.54) is 0 Å². The fourth-order valence-corrected chi connectivity index (χ4v) is 1.70. The zero-order valence-electron chi connectivity index (χ0n) is 10.1. The number of aromatic nitrogens is 1. The molecule has 1 N–H and O–H groups in total. The average molecular weight is 220 g/mol. The predicted molar refractivity (Wildman–Crippen MR) is 67.6 cm³/mol. The van der Waals surface area contributed by atoms with E-state index in [1.807, 2.05) is 25.1 Å². The van der Waals surface area contributed by atoms with E-state index >= 15 is 0 Å². The monoisotopic (exact) mass is 220 g/mol. The average Bonchev–Trinajstić information content (AvgIpc) is 2.28. The summed E-state index contributed by atoms with van der Waals surface area (Å²) in [4.78, 5) is 6.65. The Balaban J connectivity index is 2.97. The van der Waals surface area contributed by atoms with E-state index in [-0.39, 0.29) is 6.61 Å². The zero-order valence-corrected chi connectivity index (χ0v) is 10.1. The second-order valence-electron chi connectivity index (χ2n) is 3.87. The molecule has 0 saturated carbocycles. The molecule has 3 heteroatoms. The van der Waals surface area contributed by atoms with E-state index in [0.29, 0.717) is 0 Å². The van der Waals surface area contributed by atoms with Crippen molar-refractivity contribution in [1.82, 2.24) is 4.98 Å². The van der Waals surface area contributed by atoms with Crippen LogP contribution in [0.3, 0.4) is 0 Å². The van der Waals surface area contributed by atoms with Crippen LogP contribution >= 0.6 is 0 Å². The summed E-state index contributed by atoms with van der Waals surface area (Å²) in [6.07, 6.45) is 2.94. The first-order valence-electron chi connectivity index (χ1n) is 5.65. The van der Waals surface area contributed by atoms with Gasteiger partial charge in [-0.3, -0.25) is 0 Å². The van der Waals surface area contributed by atoms with Crippen molar-refractivity contribution in [3.8, 4) is 0 Å². The van der Waals surface area contributed by atoms with Crippen molar-refractivity contribution in [3.05, 3.63) is 36.0 Å². The summed E-state index contributed by atoms with van der Waals surface area (Å²) in [5.41, 5.74) is 1.85. The largest absolute Gasteiger partial charge is 0.392 e. The molecule has 0 unspecified atom stereocenters. The zero-order chi connectivity index (χ0) is 12.0. The summed E-state index contributed by atoms with van der Waals surface area (Å²) in [6.45, 7) is 9.64. The summed E-state index contributed by atoms with van der Waals surface area (Å²) < 4.78 is 0. The minimum atomic E-state index is 0.0599. The topological polar surface area (TPSA) is 36.4 Å². The van der Waals surface area contributed by atoms with Gasteiger partial charge in [0.15, 0.2) is 0 Å². The molecule has 3 nitrogen and oxygen atoms in total. The Labute approximate surface area is 97.4 Å². The van der Waals surface area contributed by atoms with Gasteiger partial charge in [-0.15, -0.1) is 6.58 Å². The lowest BCUT2D eigenvalue weighted by molar-refractivity contribution is 0.281. The third kappa shape index (κ3) is 3.35. The van der Waals surface area contributed by atoms with Crippen molar-refractivity contribution < 1.29 is 5.11 Å². The maximum absolute atomic E-state index is 9.16. The third-order valence-corrected chi connectivity index (χ3v) is 2.35. The Morgan fingerprint density at radius 1 is 1.50 bits per heavy atom. The van der Waals surface area contributed by atoms with E-state index in [2.05, 4.69) is 23.4 Å². The lowest BCUT2D eigenvalue weighted by Gasteiger charge is -2.22. The number of hydrogen-bond acceptors (Lipinski definition) is 3. The van der Waals surface area contributed by atoms with Crippen molar-refractivity contribution in [1.29, 1.82) is 0 Å². The Morgan fingerprint density at radius 2 is 2.25 bits per heavy atom. The van der Waals surface area contributed by atoms with Crippen molar-refractivity contribution in [2.45, 2.75) is 26.9 Å². The Bertz CT molecular complexity index is 350. The first-order chi connectivity index (χ1) is 7.71. The third-order valence-electron chi connectivity index (χ3n) is 2.35. The molecular formula is C13H20N2O. The molecule has 0 amide bonds. The van der Waals surface area contributed by atoms with Crippen LogP contribution in [0, 0.1) is 6.92 Å². The van der Waals surface area contributed by atoms with Gasteiger partial charge in [0.05, 0.1) is 6.61 Å². The van der Waals surface area contributed by atoms with Gasteiger partial charge in [0.25, 0.3) is 0 Å². The molecule has 0 aliphatic carbocycles. The maximum Gasteiger partial charge on any atom is 0.129 e. The standard InChI is InChI=1S/C13H20N2O/c1-4-6-15(7-5-2)13-9-12(10-16)8-11(3)14-13/h4,8-9,16H,1,5-7,10H2,2-3H3. The molecule has 1 aromatic rings. The predicted octanol–water partition coefficient (Wildman–Crippen LogP) is 2.28. The fraction of sp³-hybridized carbons (Fsp3) is 0.462. The molecule has 0 aliphatic rings. The van der Waals surface area contributed by atoms with Gasteiger partial charge in [-0.1, -0.05) is 13.0 Å². The fourth-order valence-electron chi connectivity index (χ4n) is 1.70. The first kappa shape index (κ1) is 12.7. The molecule has 16 heavy (non-hydrogen) atoms. The Kier molecular flexibility index (Phi) is 4.99. The number of aliphatic hydroxyl groups is 1. The molecule has 0 aliphatic heterocycles. The molecule has 0 atom stereocenters. The van der Waals surface area contributed by atoms with Crippen molar-refractivity contribution in [2.75, 3.05) is 18.0 Å². The van der Waals surface area contributed by atoms with Gasteiger partial charge in [0, 0.05) is 18.8 Å². The second kappa shape index (κ2) is 6.28. The van der Waals surface area contributed by atoms with Crippen molar-refractivity contribution in [3.63, 3.8) is 0 Å². The van der Waals surface area contributed by atoms with E-state index in [1.54, 1.807) is 0 Å². The normalized spacial score (nSPS) is 10.2. The summed E-state index contributed by atoms with van der Waals surface area (Å²) in [6, 6.07) is 3.84. The van der Waals surface area contributed by atoms with Crippen molar-refractivity contribution >= 4 is 5.82 Å². The maximum atomic E-state index is 9.16. The van der Waals surface area contributed by atoms with Crippen LogP contribution in [0.15, 0.2) is 24.8 Å². The van der Waals surface area contributed by atoms with Gasteiger partial charge in [-0.25, -0.2) is 4.98 Å². The quantitative estimate of drug-likeness (QED) is 0.747. The molecule has 0 aromatic carbocycles. The summed E-state index contributed by atoms with van der Waals surface area (Å²) in [7, 11) is 0. The number of anilines is 1. The minimum absolute atomic E-state index is 0.0599. The molecule has 0 fully saturated rings. The van der Waals surface area contributed by atoms with Crippen LogP contribution in [0.2, 0.25) is 0 Å². The van der Waals surface area contributed by atoms with Gasteiger partial charge in [-0.2, -0.15) is 0 Å². The highest BCUT2D eigenvalue weighted by atomic mass is 16.3. The Morgan fingerprint density at radius 3 is 2.81 bits per heavy atom. The number of pyridine rings is 1. The van der Waals surface area contributed by atoms with Gasteiger partial charge in [0.2, 0.25) is 0 Å². The molecule has 0 radical (unpaired) electrons. The highest BCUT2D eigenvalue weighted by Gasteiger charge is 2.07. The smallest absolute Gasteiger partial charge is 0.129 e. The van der Waals surface area contributed by atoms with E-state index < -0.39 is 0 Å². The van der Waals surface area contributed by atoms with Gasteiger partial charge >= 0.3 is 0 Å². The van der Waals surface area contributed by atoms with Crippen LogP contribution in [0.1, 0.15) is 24.6 Å². The van der Waals surface area contributed by atoms with E-state index in [9.17, 15) is 0 Å². The summed E-state index contributed by atoms with van der Waals surface area (Å²) in [5, 5.41) is 9.16. The van der Waals surface area contributed by atoms with E-state index in [0.717, 1.165) is 36.6 Å². The number of nitrogens with zero attached hydrogens (tertiary/aromatic N) is 2. The highest BCUT2D eigenvalue weighted by molar-refractivity contribution is 5.43. The lowest BCUT2D eigenvalue weighted by Crippen LogP contribution is -2.25. The number of rotatable bonds is 6. The summed E-state index contributed by atoms with van der Waals surface area (Å²) >= 11 is 0. The first-order valence-corrected chi connectivity index (χ1v) is 5.65. The number of aliphatic hydroxyl groups excluding tert-OH is 1. The van der Waals surface area contributed by atoms with Crippen molar-refractivity contribution in [2.24, 2.45) is 0 Å². The molecule has 1 rings (SSSR count). The highest BCUT2D eigenvalue weighted by Crippen LogP contribution is 2.15. The summed E-state index contributed by atoms with van der Waals surface area (Å²) in [5.74, 6) is 0.922. The molecule has 0 spiro atoms. The lowest BCUT2D eigenvalue weighted by atomic mass is 10.2. The van der Waals surface area contributed by atoms with Gasteiger partial charge < -0.3 is 10.0 Å². The number of hydrogen-bond donors (Lipinski definition) is 1. The van der Waals surface area contributed by atoms with Crippen LogP contribution in [0.5, 0.6) is 0 Å². The van der Waals surface area contributed by atoms with Crippen LogP contribution in [-0.2, 0) is 6.61 Å². The van der Waals surface area contributed by atoms with Crippen LogP contribution < -0.4 is 4.90 Å². The van der Waals surface area contributed by atoms with Gasteiger partial charge in [-0.05, 0) is 31.0 Å². The SMILES string of the molecule is C=CCN(CCC)c1cc(CO)cc(C)n1. The molecule has 88 valence electrons.